The van der Waals surface area contributed by atoms with E-state index in [-0.39, 0.29) is 35.9 Å². The van der Waals surface area contributed by atoms with Gasteiger partial charge in [-0.25, -0.2) is 5.06 Å². The number of carbonyl (C=O) groups is 2. The van der Waals surface area contributed by atoms with Crippen molar-refractivity contribution in [3.8, 4) is 0 Å². The number of nitrogens with one attached hydrogen (secondary N) is 2. The zero-order chi connectivity index (χ0) is 23.5. The van der Waals surface area contributed by atoms with Gasteiger partial charge in [0.05, 0.1) is 18.5 Å². The molecule has 3 atom stereocenters. The quantitative estimate of drug-likeness (QED) is 0.211. The van der Waals surface area contributed by atoms with Gasteiger partial charge in [-0.3, -0.25) is 30.5 Å². The third-order valence-electron chi connectivity index (χ3n) is 7.16. The molecule has 1 aliphatic carbocycles. The Morgan fingerprint density at radius 3 is 2.76 bits per heavy atom. The number of hydrazine groups is 1. The van der Waals surface area contributed by atoms with Gasteiger partial charge in [0.1, 0.15) is 0 Å². The number of hydrogen-bond acceptors (Lipinski definition) is 8. The van der Waals surface area contributed by atoms with Crippen LogP contribution >= 0.6 is 11.6 Å². The first kappa shape index (κ1) is 23.9. The second kappa shape index (κ2) is 10.4. The number of fused-ring (bicyclic) bond motifs is 1. The second-order valence-electron chi connectivity index (χ2n) is 9.31. The van der Waals surface area contributed by atoms with Crippen molar-refractivity contribution in [2.45, 2.75) is 57.0 Å². The van der Waals surface area contributed by atoms with E-state index in [1.165, 1.54) is 0 Å². The molecule has 182 valence electrons. The highest BCUT2D eigenvalue weighted by Gasteiger charge is 2.44. The lowest BCUT2D eigenvalue weighted by Crippen LogP contribution is -2.68. The van der Waals surface area contributed by atoms with Crippen LogP contribution in [0, 0.1) is 17.7 Å². The maximum atomic E-state index is 15.4. The Kier molecular flexibility index (Phi) is 7.50. The van der Waals surface area contributed by atoms with Crippen molar-refractivity contribution in [1.29, 1.82) is 0 Å². The van der Waals surface area contributed by atoms with Gasteiger partial charge >= 0.3 is 0 Å². The van der Waals surface area contributed by atoms with Crippen molar-refractivity contribution in [3.05, 3.63) is 11.1 Å². The normalized spacial score (nSPS) is 24.1. The number of amides is 2. The van der Waals surface area contributed by atoms with E-state index in [9.17, 15) is 14.8 Å². The fourth-order valence-corrected chi connectivity index (χ4v) is 5.58. The van der Waals surface area contributed by atoms with Crippen LogP contribution in [0.4, 0.5) is 16.0 Å². The molecule has 10 nitrogen and oxygen atoms in total. The topological polar surface area (TPSA) is 114 Å². The molecular weight excluding hydrogens is 453 g/mol. The zero-order valence-electron chi connectivity index (χ0n) is 18.7. The van der Waals surface area contributed by atoms with E-state index in [0.717, 1.165) is 45.1 Å². The largest absolute Gasteiger partial charge is 0.348 e. The minimum absolute atomic E-state index is 0.122. The van der Waals surface area contributed by atoms with E-state index in [2.05, 4.69) is 32.8 Å². The van der Waals surface area contributed by atoms with Crippen LogP contribution in [0.3, 0.4) is 0 Å². The maximum absolute atomic E-state index is 15.4. The summed E-state index contributed by atoms with van der Waals surface area (Å²) in [6, 6.07) is 0.528. The fraction of sp³-hybridized carbons (Fsp3) is 0.714. The van der Waals surface area contributed by atoms with Crippen LogP contribution in [0.1, 0.15) is 44.9 Å². The number of rotatable bonds is 9. The number of hydrogen-bond donors (Lipinski definition) is 3. The Balaban J connectivity index is 1.45. The fourth-order valence-electron chi connectivity index (χ4n) is 5.41. The van der Waals surface area contributed by atoms with Gasteiger partial charge < -0.3 is 4.90 Å². The predicted molar refractivity (Wildman–Crippen MR) is 120 cm³/mol. The molecule has 3 aliphatic rings. The summed E-state index contributed by atoms with van der Waals surface area (Å²) in [5, 5.41) is 9.96. The summed E-state index contributed by atoms with van der Waals surface area (Å²) < 4.78 is 15.4. The van der Waals surface area contributed by atoms with Crippen LogP contribution in [0.2, 0.25) is 5.28 Å². The van der Waals surface area contributed by atoms with Gasteiger partial charge in [-0.05, 0) is 43.8 Å². The van der Waals surface area contributed by atoms with Gasteiger partial charge in [0.2, 0.25) is 23.4 Å². The van der Waals surface area contributed by atoms with Gasteiger partial charge in [-0.15, -0.1) is 0 Å². The molecule has 4 rings (SSSR count). The molecule has 3 N–H and O–H groups in total. The standard InChI is InChI=1S/C21H31ClFN7O3/c1-28-11-16-15(28)7-4-8-30(16)19-17(23)18(24-21(22)25-19)26-27-20(32)14(10-29(33)12-31)9-13-5-2-3-6-13/h12-16,33H,2-11H2,1H3,(H,27,32)(H,24,25,26)/t14-,15-,16-/m1/s1. The maximum Gasteiger partial charge on any atom is 0.243 e. The van der Waals surface area contributed by atoms with E-state index in [1.54, 1.807) is 0 Å². The summed E-state index contributed by atoms with van der Waals surface area (Å²) in [6.07, 6.45) is 7.01. The monoisotopic (exact) mass is 483 g/mol. The highest BCUT2D eigenvalue weighted by Crippen LogP contribution is 2.35. The predicted octanol–water partition coefficient (Wildman–Crippen LogP) is 2.04. The molecule has 3 fully saturated rings. The zero-order valence-corrected chi connectivity index (χ0v) is 19.5. The molecule has 0 spiro atoms. The lowest BCUT2D eigenvalue weighted by atomic mass is 9.87. The first-order valence-corrected chi connectivity index (χ1v) is 11.9. The molecule has 0 bridgehead atoms. The number of piperidine rings is 1. The van der Waals surface area contributed by atoms with Crippen molar-refractivity contribution < 1.29 is 19.2 Å². The Labute approximate surface area is 197 Å². The summed E-state index contributed by atoms with van der Waals surface area (Å²) in [4.78, 5) is 35.9. The minimum Gasteiger partial charge on any atom is -0.348 e. The van der Waals surface area contributed by atoms with Gasteiger partial charge in [-0.1, -0.05) is 25.7 Å². The molecule has 1 saturated carbocycles. The van der Waals surface area contributed by atoms with Gasteiger partial charge in [0.25, 0.3) is 0 Å². The molecule has 12 heteroatoms. The summed E-state index contributed by atoms with van der Waals surface area (Å²) in [7, 11) is 2.05. The lowest BCUT2D eigenvalue weighted by molar-refractivity contribution is -0.154. The average Bonchev–Trinajstić information content (AvgIpc) is 3.31. The van der Waals surface area contributed by atoms with Gasteiger partial charge in [-0.2, -0.15) is 14.4 Å². The summed E-state index contributed by atoms with van der Waals surface area (Å²) in [5.41, 5.74) is 5.03. The summed E-state index contributed by atoms with van der Waals surface area (Å²) >= 11 is 6.09. The molecule has 1 aromatic heterocycles. The number of nitrogens with zero attached hydrogens (tertiary/aromatic N) is 5. The number of likely N-dealkylation sites (N-methyl/N-ethyl adjacent to an activating group) is 1. The van der Waals surface area contributed by atoms with E-state index in [1.807, 2.05) is 4.90 Å². The van der Waals surface area contributed by atoms with E-state index >= 15 is 4.39 Å². The summed E-state index contributed by atoms with van der Waals surface area (Å²) in [5.74, 6) is -1.53. The molecule has 2 saturated heterocycles. The average molecular weight is 484 g/mol. The van der Waals surface area contributed by atoms with Gasteiger partial charge in [0.15, 0.2) is 11.6 Å². The van der Waals surface area contributed by atoms with Crippen LogP contribution in [0.25, 0.3) is 0 Å². The van der Waals surface area contributed by atoms with E-state index in [4.69, 9.17) is 11.6 Å². The van der Waals surface area contributed by atoms with E-state index < -0.39 is 17.6 Å². The van der Waals surface area contributed by atoms with Crippen LogP contribution < -0.4 is 15.8 Å². The van der Waals surface area contributed by atoms with Crippen molar-refractivity contribution in [2.75, 3.05) is 37.0 Å². The number of halogens is 2. The highest BCUT2D eigenvalue weighted by atomic mass is 35.5. The first-order chi connectivity index (χ1) is 15.9. The van der Waals surface area contributed by atoms with Crippen molar-refractivity contribution in [1.82, 2.24) is 25.4 Å². The van der Waals surface area contributed by atoms with Crippen LogP contribution in [-0.4, -0.2) is 76.2 Å². The van der Waals surface area contributed by atoms with Crippen molar-refractivity contribution in [2.24, 2.45) is 11.8 Å². The van der Waals surface area contributed by atoms with Crippen LogP contribution in [0.15, 0.2) is 0 Å². The molecule has 0 radical (unpaired) electrons. The Morgan fingerprint density at radius 1 is 1.30 bits per heavy atom. The third-order valence-corrected chi connectivity index (χ3v) is 7.33. The number of hydroxylamine groups is 2. The Morgan fingerprint density at radius 2 is 2.06 bits per heavy atom. The Hall–Kier alpha value is -2.24. The SMILES string of the molecule is CN1C[C@@H]2[C@H]1CCCN2c1nc(Cl)nc(NNC(=O)[C@H](CC2CCCC2)CN(O)C=O)c1F. The van der Waals surface area contributed by atoms with E-state index in [0.29, 0.717) is 30.0 Å². The number of likely N-dealkylation sites (tertiary alicyclic amines) is 1. The third kappa shape index (κ3) is 5.30. The van der Waals surface area contributed by atoms with Crippen LogP contribution in [-0.2, 0) is 9.59 Å². The van der Waals surface area contributed by atoms with Gasteiger partial charge in [0, 0.05) is 19.1 Å². The molecule has 3 heterocycles. The first-order valence-electron chi connectivity index (χ1n) is 11.5. The Bertz CT molecular complexity index is 873. The molecule has 2 aliphatic heterocycles. The number of anilines is 2. The minimum atomic E-state index is -0.682. The summed E-state index contributed by atoms with van der Waals surface area (Å²) in [6.45, 7) is 1.35. The van der Waals surface area contributed by atoms with Crippen LogP contribution in [0.5, 0.6) is 0 Å². The number of aromatic nitrogens is 2. The molecule has 0 aromatic carbocycles. The molecule has 2 amide bonds. The molecule has 33 heavy (non-hydrogen) atoms. The van der Waals surface area contributed by atoms with Crippen molar-refractivity contribution in [3.63, 3.8) is 0 Å². The number of carbonyl (C=O) groups excluding carboxylic acids is 2. The molecular formula is C21H31ClFN7O3. The highest BCUT2D eigenvalue weighted by molar-refractivity contribution is 6.28. The molecule has 0 unspecified atom stereocenters. The second-order valence-corrected chi connectivity index (χ2v) is 9.65. The molecule has 1 aromatic rings. The lowest BCUT2D eigenvalue weighted by Gasteiger charge is -2.54. The van der Waals surface area contributed by atoms with Crippen molar-refractivity contribution >= 4 is 35.6 Å². The smallest absolute Gasteiger partial charge is 0.243 e.